The molecular formula is C16H20N2O5S. The van der Waals surface area contributed by atoms with Gasteiger partial charge in [-0.25, -0.2) is 0 Å². The molecule has 0 aromatic heterocycles. The lowest BCUT2D eigenvalue weighted by atomic mass is 10.1. The van der Waals surface area contributed by atoms with E-state index >= 15 is 0 Å². The number of rotatable bonds is 2. The number of anilines is 1. The Hall–Kier alpha value is -2.00. The molecule has 2 aromatic rings. The molecule has 7 nitrogen and oxygen atoms in total. The lowest BCUT2D eigenvalue weighted by Gasteiger charge is -2.10. The van der Waals surface area contributed by atoms with E-state index in [1.54, 1.807) is 24.3 Å². The van der Waals surface area contributed by atoms with Crippen LogP contribution in [0.15, 0.2) is 41.3 Å². The van der Waals surface area contributed by atoms with Crippen LogP contribution >= 0.6 is 0 Å². The van der Waals surface area contributed by atoms with Gasteiger partial charge in [-0.3, -0.25) is 9.35 Å². The van der Waals surface area contributed by atoms with Crippen LogP contribution in [0.1, 0.15) is 6.92 Å². The first kappa shape index (κ1) is 18.3. The maximum atomic E-state index is 11.2. The van der Waals surface area contributed by atoms with Crippen LogP contribution in [0.5, 0.6) is 0 Å². The fourth-order valence-corrected chi connectivity index (χ4v) is 3.01. The number of benzene rings is 2. The zero-order valence-corrected chi connectivity index (χ0v) is 14.1. The highest BCUT2D eigenvalue weighted by Crippen LogP contribution is 2.29. The molecule has 2 aromatic carbocycles. The number of amides is 1. The van der Waals surface area contributed by atoms with Gasteiger partial charge in [0.2, 0.25) is 5.91 Å². The summed E-state index contributed by atoms with van der Waals surface area (Å²) in [6.45, 7) is 5.20. The van der Waals surface area contributed by atoms with E-state index in [1.165, 1.54) is 19.1 Å². The lowest BCUT2D eigenvalue weighted by Crippen LogP contribution is -2.30. The van der Waals surface area contributed by atoms with Crippen LogP contribution in [0.25, 0.3) is 10.8 Å². The molecule has 0 aliphatic carbocycles. The minimum Gasteiger partial charge on any atom is -0.379 e. The molecule has 1 aliphatic heterocycles. The number of hydrogen-bond acceptors (Lipinski definition) is 5. The second kappa shape index (κ2) is 8.20. The average molecular weight is 352 g/mol. The van der Waals surface area contributed by atoms with Crippen LogP contribution in [-0.2, 0) is 19.6 Å². The van der Waals surface area contributed by atoms with E-state index in [9.17, 15) is 13.2 Å². The van der Waals surface area contributed by atoms with E-state index in [-0.39, 0.29) is 10.8 Å². The molecule has 130 valence electrons. The number of ether oxygens (including phenoxy) is 1. The Morgan fingerprint density at radius 3 is 2.21 bits per heavy atom. The first-order chi connectivity index (χ1) is 11.4. The van der Waals surface area contributed by atoms with Crippen molar-refractivity contribution in [2.45, 2.75) is 11.8 Å². The highest BCUT2D eigenvalue weighted by molar-refractivity contribution is 7.86. The van der Waals surface area contributed by atoms with Gasteiger partial charge < -0.3 is 15.4 Å². The van der Waals surface area contributed by atoms with Gasteiger partial charge >= 0.3 is 0 Å². The zero-order chi connectivity index (χ0) is 17.6. The van der Waals surface area contributed by atoms with Gasteiger partial charge in [0.05, 0.1) is 13.2 Å². The normalized spacial score (nSPS) is 14.6. The van der Waals surface area contributed by atoms with Crippen LogP contribution in [0.4, 0.5) is 5.69 Å². The molecule has 0 bridgehead atoms. The van der Waals surface area contributed by atoms with Crippen LogP contribution in [0.3, 0.4) is 0 Å². The van der Waals surface area contributed by atoms with E-state index in [2.05, 4.69) is 10.6 Å². The molecule has 0 atom stereocenters. The lowest BCUT2D eigenvalue weighted by molar-refractivity contribution is -0.114. The molecular weight excluding hydrogens is 332 g/mol. The molecule has 1 heterocycles. The van der Waals surface area contributed by atoms with Crippen LogP contribution < -0.4 is 10.6 Å². The van der Waals surface area contributed by atoms with Crippen molar-refractivity contribution < 1.29 is 22.5 Å². The molecule has 8 heteroatoms. The van der Waals surface area contributed by atoms with Crippen molar-refractivity contribution in [1.82, 2.24) is 5.32 Å². The van der Waals surface area contributed by atoms with E-state index in [0.29, 0.717) is 16.5 Å². The van der Waals surface area contributed by atoms with Gasteiger partial charge in [0, 0.05) is 36.5 Å². The summed E-state index contributed by atoms with van der Waals surface area (Å²) in [4.78, 5) is 10.9. The molecule has 3 N–H and O–H groups in total. The summed E-state index contributed by atoms with van der Waals surface area (Å²) in [7, 11) is -4.29. The Kier molecular flexibility index (Phi) is 6.27. The first-order valence-corrected chi connectivity index (χ1v) is 8.89. The Bertz CT molecular complexity index is 805. The minimum atomic E-state index is -4.29. The predicted molar refractivity (Wildman–Crippen MR) is 91.8 cm³/mol. The molecule has 3 rings (SSSR count). The van der Waals surface area contributed by atoms with Crippen molar-refractivity contribution >= 4 is 32.5 Å². The van der Waals surface area contributed by atoms with Crippen LogP contribution in [-0.4, -0.2) is 45.2 Å². The highest BCUT2D eigenvalue weighted by Gasteiger charge is 2.15. The maximum absolute atomic E-state index is 11.2. The predicted octanol–water partition coefficient (Wildman–Crippen LogP) is 1.65. The van der Waals surface area contributed by atoms with E-state index in [1.807, 2.05) is 0 Å². The summed E-state index contributed by atoms with van der Waals surface area (Å²) in [5.41, 5.74) is 0.505. The van der Waals surface area contributed by atoms with Crippen molar-refractivity contribution in [3.05, 3.63) is 36.4 Å². The summed E-state index contributed by atoms with van der Waals surface area (Å²) in [5.74, 6) is -0.250. The Morgan fingerprint density at radius 1 is 1.12 bits per heavy atom. The Morgan fingerprint density at radius 2 is 1.75 bits per heavy atom. The second-order valence-corrected chi connectivity index (χ2v) is 6.57. The van der Waals surface area contributed by atoms with Crippen molar-refractivity contribution in [3.63, 3.8) is 0 Å². The number of carbonyl (C=O) groups excluding carboxylic acids is 1. The summed E-state index contributed by atoms with van der Waals surface area (Å²) in [6.07, 6.45) is 0. The molecule has 0 radical (unpaired) electrons. The zero-order valence-electron chi connectivity index (χ0n) is 13.3. The molecule has 0 spiro atoms. The number of carbonyl (C=O) groups is 1. The van der Waals surface area contributed by atoms with Crippen molar-refractivity contribution in [2.24, 2.45) is 0 Å². The number of hydrogen-bond donors (Lipinski definition) is 3. The molecule has 1 aliphatic rings. The van der Waals surface area contributed by atoms with Gasteiger partial charge in [0.15, 0.2) is 0 Å². The Balaban J connectivity index is 0.000000292. The molecule has 1 saturated heterocycles. The summed E-state index contributed by atoms with van der Waals surface area (Å²) in [5, 5.41) is 6.70. The Labute approximate surface area is 140 Å². The SMILES string of the molecule is C1COCCN1.CC(=O)Nc1ccc(S(=O)(=O)O)c2ccccc12. The number of nitrogens with one attached hydrogen (secondary N) is 2. The second-order valence-electron chi connectivity index (χ2n) is 5.18. The van der Waals surface area contributed by atoms with Gasteiger partial charge in [-0.2, -0.15) is 8.42 Å². The number of morpholine rings is 1. The van der Waals surface area contributed by atoms with E-state index in [4.69, 9.17) is 9.29 Å². The topological polar surface area (TPSA) is 105 Å². The fourth-order valence-electron chi connectivity index (χ4n) is 2.31. The minimum absolute atomic E-state index is 0.174. The van der Waals surface area contributed by atoms with Crippen LogP contribution in [0.2, 0.25) is 0 Å². The first-order valence-electron chi connectivity index (χ1n) is 7.45. The third-order valence-electron chi connectivity index (χ3n) is 3.32. The van der Waals surface area contributed by atoms with Crippen molar-refractivity contribution in [1.29, 1.82) is 0 Å². The quantitative estimate of drug-likeness (QED) is 0.710. The van der Waals surface area contributed by atoms with Crippen molar-refractivity contribution in [3.8, 4) is 0 Å². The van der Waals surface area contributed by atoms with Gasteiger partial charge in [-0.05, 0) is 12.1 Å². The summed E-state index contributed by atoms with van der Waals surface area (Å²) in [6, 6.07) is 9.35. The van der Waals surface area contributed by atoms with Gasteiger partial charge in [-0.15, -0.1) is 0 Å². The average Bonchev–Trinajstić information content (AvgIpc) is 2.56. The number of fused-ring (bicyclic) bond motifs is 1. The highest BCUT2D eigenvalue weighted by atomic mass is 32.2. The van der Waals surface area contributed by atoms with E-state index < -0.39 is 10.1 Å². The third-order valence-corrected chi connectivity index (χ3v) is 4.23. The molecule has 0 saturated carbocycles. The summed E-state index contributed by atoms with van der Waals surface area (Å²) < 4.78 is 36.6. The largest absolute Gasteiger partial charge is 0.379 e. The van der Waals surface area contributed by atoms with Gasteiger partial charge in [-0.1, -0.05) is 24.3 Å². The molecule has 0 unspecified atom stereocenters. The monoisotopic (exact) mass is 352 g/mol. The summed E-state index contributed by atoms with van der Waals surface area (Å²) >= 11 is 0. The smallest absolute Gasteiger partial charge is 0.295 e. The van der Waals surface area contributed by atoms with Gasteiger partial charge in [0.1, 0.15) is 4.90 Å². The fraction of sp³-hybridized carbons (Fsp3) is 0.312. The maximum Gasteiger partial charge on any atom is 0.295 e. The third kappa shape index (κ3) is 5.00. The van der Waals surface area contributed by atoms with E-state index in [0.717, 1.165) is 26.3 Å². The standard InChI is InChI=1S/C12H11NO4S.C4H9NO/c1-8(14)13-11-6-7-12(18(15,16)17)10-5-3-2-4-9(10)11;1-3-6-4-2-5-1/h2-7H,1H3,(H,13,14)(H,15,16,17);5H,1-4H2. The molecule has 24 heavy (non-hydrogen) atoms. The van der Waals surface area contributed by atoms with Crippen molar-refractivity contribution in [2.75, 3.05) is 31.6 Å². The molecule has 1 fully saturated rings. The van der Waals surface area contributed by atoms with Crippen LogP contribution in [0, 0.1) is 0 Å². The molecule has 1 amide bonds. The van der Waals surface area contributed by atoms with Gasteiger partial charge in [0.25, 0.3) is 10.1 Å².